The third kappa shape index (κ3) is 2.14. The first-order valence-corrected chi connectivity index (χ1v) is 6.35. The van der Waals surface area contributed by atoms with E-state index < -0.39 is 0 Å². The molecule has 0 saturated heterocycles. The van der Waals surface area contributed by atoms with Crippen molar-refractivity contribution in [1.82, 2.24) is 0 Å². The Labute approximate surface area is 116 Å². The van der Waals surface area contributed by atoms with Gasteiger partial charge in [0, 0.05) is 11.5 Å². The minimum atomic E-state index is -0.0554. The van der Waals surface area contributed by atoms with Gasteiger partial charge in [0.1, 0.15) is 17.3 Å². The van der Waals surface area contributed by atoms with Crippen molar-refractivity contribution in [2.24, 2.45) is 0 Å². The Morgan fingerprint density at radius 3 is 1.85 bits per heavy atom. The number of benzene rings is 2. The van der Waals surface area contributed by atoms with Crippen molar-refractivity contribution in [3.8, 4) is 11.5 Å². The number of hydrogen-bond acceptors (Lipinski definition) is 3. The topological polar surface area (TPSA) is 60.7 Å². The van der Waals surface area contributed by atoms with E-state index in [2.05, 4.69) is 0 Å². The van der Waals surface area contributed by atoms with E-state index in [1.54, 1.807) is 42.5 Å². The zero-order chi connectivity index (χ0) is 14.1. The van der Waals surface area contributed by atoms with Crippen LogP contribution in [0.25, 0.3) is 5.57 Å². The summed E-state index contributed by atoms with van der Waals surface area (Å²) in [4.78, 5) is 0. The first kappa shape index (κ1) is 12.4. The van der Waals surface area contributed by atoms with E-state index in [1.807, 2.05) is 18.2 Å². The monoisotopic (exact) mass is 266 g/mol. The summed E-state index contributed by atoms with van der Waals surface area (Å²) < 4.78 is 0. The van der Waals surface area contributed by atoms with Crippen molar-refractivity contribution in [3.05, 3.63) is 77.6 Å². The average molecular weight is 266 g/mol. The molecule has 100 valence electrons. The number of phenolic OH excluding ortho intramolecular Hbond substituents is 2. The highest BCUT2D eigenvalue weighted by atomic mass is 16.3. The molecular formula is C17H14O3. The Morgan fingerprint density at radius 1 is 0.700 bits per heavy atom. The second-order valence-corrected chi connectivity index (χ2v) is 4.77. The molecule has 0 radical (unpaired) electrons. The van der Waals surface area contributed by atoms with Gasteiger partial charge in [0.25, 0.3) is 0 Å². The maximum atomic E-state index is 10.1. The number of aromatic hydroxyl groups is 2. The van der Waals surface area contributed by atoms with Gasteiger partial charge in [-0.2, -0.15) is 0 Å². The van der Waals surface area contributed by atoms with Crippen LogP contribution in [0.4, 0.5) is 0 Å². The van der Waals surface area contributed by atoms with Crippen molar-refractivity contribution < 1.29 is 15.3 Å². The van der Waals surface area contributed by atoms with Crippen LogP contribution in [0.1, 0.15) is 17.0 Å². The van der Waals surface area contributed by atoms with Crippen LogP contribution in [0.5, 0.6) is 11.5 Å². The zero-order valence-corrected chi connectivity index (χ0v) is 10.7. The molecule has 2 aromatic carbocycles. The molecular weight excluding hydrogens is 252 g/mol. The van der Waals surface area contributed by atoms with Gasteiger partial charge in [0.2, 0.25) is 0 Å². The number of aliphatic hydroxyl groups excluding tert-OH is 1. The second-order valence-electron chi connectivity index (χ2n) is 4.77. The van der Waals surface area contributed by atoms with E-state index in [0.29, 0.717) is 0 Å². The van der Waals surface area contributed by atoms with Crippen LogP contribution in [-0.2, 0) is 0 Å². The molecule has 3 nitrogen and oxygen atoms in total. The van der Waals surface area contributed by atoms with E-state index in [0.717, 1.165) is 16.7 Å². The normalized spacial score (nSPS) is 17.7. The van der Waals surface area contributed by atoms with Gasteiger partial charge in [-0.15, -0.1) is 0 Å². The lowest BCUT2D eigenvalue weighted by Gasteiger charge is -2.15. The summed E-state index contributed by atoms with van der Waals surface area (Å²) in [5.41, 5.74) is 2.66. The number of rotatable bonds is 2. The van der Waals surface area contributed by atoms with E-state index >= 15 is 0 Å². The molecule has 3 rings (SSSR count). The molecule has 0 aliphatic heterocycles. The molecule has 2 aromatic rings. The Hall–Kier alpha value is -2.68. The van der Waals surface area contributed by atoms with E-state index in [1.165, 1.54) is 0 Å². The molecule has 1 atom stereocenters. The SMILES string of the molecule is OC1=C(c2ccc(O)cc2)C(c2ccc(O)cc2)C=C1. The quantitative estimate of drug-likeness (QED) is 0.776. The summed E-state index contributed by atoms with van der Waals surface area (Å²) in [6, 6.07) is 13.7. The highest BCUT2D eigenvalue weighted by Crippen LogP contribution is 2.40. The summed E-state index contributed by atoms with van der Waals surface area (Å²) in [5, 5.41) is 28.8. The van der Waals surface area contributed by atoms with Gasteiger partial charge < -0.3 is 15.3 Å². The fraction of sp³-hybridized carbons (Fsp3) is 0.0588. The predicted molar refractivity (Wildman–Crippen MR) is 77.6 cm³/mol. The third-order valence-corrected chi connectivity index (χ3v) is 3.46. The maximum absolute atomic E-state index is 10.1. The number of hydrogen-bond donors (Lipinski definition) is 3. The molecule has 1 aliphatic rings. The van der Waals surface area contributed by atoms with Crippen LogP contribution in [-0.4, -0.2) is 15.3 Å². The average Bonchev–Trinajstić information content (AvgIpc) is 2.83. The second kappa shape index (κ2) is 4.78. The molecule has 0 amide bonds. The Bertz CT molecular complexity index is 679. The molecule has 20 heavy (non-hydrogen) atoms. The molecule has 0 aromatic heterocycles. The Balaban J connectivity index is 2.02. The van der Waals surface area contributed by atoms with Crippen molar-refractivity contribution in [2.75, 3.05) is 0 Å². The minimum absolute atomic E-state index is 0.0554. The predicted octanol–water partition coefficient (Wildman–Crippen LogP) is 3.72. The summed E-state index contributed by atoms with van der Waals surface area (Å²) in [6.45, 7) is 0. The van der Waals surface area contributed by atoms with Gasteiger partial charge in [-0.25, -0.2) is 0 Å². The van der Waals surface area contributed by atoms with E-state index in [4.69, 9.17) is 0 Å². The van der Waals surface area contributed by atoms with Crippen LogP contribution in [0.3, 0.4) is 0 Å². The van der Waals surface area contributed by atoms with Crippen LogP contribution < -0.4 is 0 Å². The number of aliphatic hydroxyl groups is 1. The maximum Gasteiger partial charge on any atom is 0.120 e. The lowest BCUT2D eigenvalue weighted by Crippen LogP contribution is -1.98. The standard InChI is InChI=1S/C17H14O3/c18-13-5-1-11(2-6-13)15-9-10-16(20)17(15)12-3-7-14(19)8-4-12/h1-10,15,18-20H. The summed E-state index contributed by atoms with van der Waals surface area (Å²) in [7, 11) is 0. The molecule has 3 N–H and O–H groups in total. The highest BCUT2D eigenvalue weighted by molar-refractivity contribution is 5.79. The zero-order valence-electron chi connectivity index (χ0n) is 10.7. The van der Waals surface area contributed by atoms with Gasteiger partial charge in [-0.3, -0.25) is 0 Å². The van der Waals surface area contributed by atoms with Gasteiger partial charge >= 0.3 is 0 Å². The smallest absolute Gasteiger partial charge is 0.120 e. The molecule has 0 bridgehead atoms. The lowest BCUT2D eigenvalue weighted by molar-refractivity contribution is 0.436. The largest absolute Gasteiger partial charge is 0.508 e. The van der Waals surface area contributed by atoms with Gasteiger partial charge in [0.15, 0.2) is 0 Å². The summed E-state index contributed by atoms with van der Waals surface area (Å²) >= 11 is 0. The minimum Gasteiger partial charge on any atom is -0.508 e. The summed E-state index contributed by atoms with van der Waals surface area (Å²) in [6.07, 6.45) is 3.60. The third-order valence-electron chi connectivity index (χ3n) is 3.46. The Morgan fingerprint density at radius 2 is 1.25 bits per heavy atom. The molecule has 1 aliphatic carbocycles. The van der Waals surface area contributed by atoms with Crippen molar-refractivity contribution in [2.45, 2.75) is 5.92 Å². The molecule has 0 fully saturated rings. The highest BCUT2D eigenvalue weighted by Gasteiger charge is 2.23. The van der Waals surface area contributed by atoms with E-state index in [9.17, 15) is 15.3 Å². The first-order chi connectivity index (χ1) is 9.65. The van der Waals surface area contributed by atoms with Crippen LogP contribution in [0, 0.1) is 0 Å². The Kier molecular flexibility index (Phi) is 2.95. The van der Waals surface area contributed by atoms with Gasteiger partial charge in [0.05, 0.1) is 0 Å². The first-order valence-electron chi connectivity index (χ1n) is 6.35. The number of allylic oxidation sites excluding steroid dienone is 3. The van der Waals surface area contributed by atoms with Crippen LogP contribution >= 0.6 is 0 Å². The van der Waals surface area contributed by atoms with Crippen molar-refractivity contribution in [3.63, 3.8) is 0 Å². The van der Waals surface area contributed by atoms with Crippen molar-refractivity contribution >= 4 is 5.57 Å². The van der Waals surface area contributed by atoms with Gasteiger partial charge in [-0.1, -0.05) is 30.3 Å². The number of phenols is 2. The fourth-order valence-electron chi connectivity index (χ4n) is 2.46. The van der Waals surface area contributed by atoms with Gasteiger partial charge in [-0.05, 0) is 41.5 Å². The summed E-state index contributed by atoms with van der Waals surface area (Å²) in [5.74, 6) is 0.588. The molecule has 0 heterocycles. The fourth-order valence-corrected chi connectivity index (χ4v) is 2.46. The lowest BCUT2D eigenvalue weighted by atomic mass is 9.89. The van der Waals surface area contributed by atoms with E-state index in [-0.39, 0.29) is 23.2 Å². The molecule has 0 spiro atoms. The van der Waals surface area contributed by atoms with Crippen LogP contribution in [0.2, 0.25) is 0 Å². The van der Waals surface area contributed by atoms with Crippen LogP contribution in [0.15, 0.2) is 66.4 Å². The molecule has 1 unspecified atom stereocenters. The molecule has 3 heteroatoms. The molecule has 0 saturated carbocycles. The van der Waals surface area contributed by atoms with Crippen molar-refractivity contribution in [1.29, 1.82) is 0 Å².